The van der Waals surface area contributed by atoms with Gasteiger partial charge in [0.1, 0.15) is 6.61 Å². The van der Waals surface area contributed by atoms with Gasteiger partial charge >= 0.3 is 6.09 Å². The van der Waals surface area contributed by atoms with Crippen LogP contribution >= 0.6 is 15.9 Å². The van der Waals surface area contributed by atoms with Crippen molar-refractivity contribution in [3.05, 3.63) is 70.2 Å². The van der Waals surface area contributed by atoms with E-state index < -0.39 is 0 Å². The highest BCUT2D eigenvalue weighted by Crippen LogP contribution is 2.34. The number of ether oxygens (including phenoxy) is 1. The SMILES string of the molecule is O=C(OCc1ccccc1)N1CCCCCC1c1ccccc1Br. The van der Waals surface area contributed by atoms with Gasteiger partial charge in [0, 0.05) is 11.0 Å². The molecular formula is C20H22BrNO2. The molecule has 4 heteroatoms. The summed E-state index contributed by atoms with van der Waals surface area (Å²) in [6, 6.07) is 18.1. The lowest BCUT2D eigenvalue weighted by atomic mass is 10.0. The van der Waals surface area contributed by atoms with Crippen LogP contribution in [-0.4, -0.2) is 17.5 Å². The minimum Gasteiger partial charge on any atom is -0.445 e. The van der Waals surface area contributed by atoms with E-state index in [1.165, 1.54) is 0 Å². The second kappa shape index (κ2) is 8.34. The lowest BCUT2D eigenvalue weighted by Crippen LogP contribution is -2.35. The number of hydrogen-bond donors (Lipinski definition) is 0. The number of nitrogens with zero attached hydrogens (tertiary/aromatic N) is 1. The molecule has 0 radical (unpaired) electrons. The first-order valence-electron chi connectivity index (χ1n) is 8.47. The Morgan fingerprint density at radius 3 is 2.58 bits per heavy atom. The van der Waals surface area contributed by atoms with Crippen LogP contribution in [0, 0.1) is 0 Å². The number of carbonyl (C=O) groups is 1. The molecule has 0 aliphatic carbocycles. The van der Waals surface area contributed by atoms with E-state index in [2.05, 4.69) is 22.0 Å². The number of amides is 1. The van der Waals surface area contributed by atoms with Gasteiger partial charge in [-0.25, -0.2) is 4.79 Å². The van der Waals surface area contributed by atoms with Gasteiger partial charge in [0.05, 0.1) is 6.04 Å². The predicted octanol–water partition coefficient (Wildman–Crippen LogP) is 5.70. The zero-order chi connectivity index (χ0) is 16.8. The predicted molar refractivity (Wildman–Crippen MR) is 98.7 cm³/mol. The highest BCUT2D eigenvalue weighted by atomic mass is 79.9. The van der Waals surface area contributed by atoms with Crippen LogP contribution in [-0.2, 0) is 11.3 Å². The molecule has 0 N–H and O–H groups in total. The van der Waals surface area contributed by atoms with Crippen molar-refractivity contribution in [3.8, 4) is 0 Å². The molecule has 1 atom stereocenters. The van der Waals surface area contributed by atoms with E-state index in [1.807, 2.05) is 53.4 Å². The third-order valence-corrected chi connectivity index (χ3v) is 5.18. The molecule has 2 aromatic carbocycles. The first kappa shape index (κ1) is 17.0. The topological polar surface area (TPSA) is 29.5 Å². The minimum atomic E-state index is -0.221. The van der Waals surface area contributed by atoms with Crippen LogP contribution in [0.1, 0.15) is 42.9 Å². The summed E-state index contributed by atoms with van der Waals surface area (Å²) < 4.78 is 6.64. The van der Waals surface area contributed by atoms with Crippen molar-refractivity contribution in [2.24, 2.45) is 0 Å². The fraction of sp³-hybridized carbons (Fsp3) is 0.350. The van der Waals surface area contributed by atoms with Gasteiger partial charge in [-0.05, 0) is 30.0 Å². The van der Waals surface area contributed by atoms with Crippen molar-refractivity contribution in [3.63, 3.8) is 0 Å². The molecular weight excluding hydrogens is 366 g/mol. The summed E-state index contributed by atoms with van der Waals surface area (Å²) in [6.07, 6.45) is 4.07. The Morgan fingerprint density at radius 1 is 1.04 bits per heavy atom. The first-order chi connectivity index (χ1) is 11.8. The molecule has 0 spiro atoms. The maximum Gasteiger partial charge on any atom is 0.410 e. The number of hydrogen-bond acceptors (Lipinski definition) is 2. The molecule has 1 fully saturated rings. The van der Waals surface area contributed by atoms with Crippen LogP contribution in [0.25, 0.3) is 0 Å². The Kier molecular flexibility index (Phi) is 5.91. The molecule has 1 aliphatic rings. The first-order valence-corrected chi connectivity index (χ1v) is 9.27. The third kappa shape index (κ3) is 4.18. The van der Waals surface area contributed by atoms with E-state index in [9.17, 15) is 4.79 Å². The smallest absolute Gasteiger partial charge is 0.410 e. The molecule has 1 heterocycles. The molecule has 3 rings (SSSR count). The number of carbonyl (C=O) groups excluding carboxylic acids is 1. The average molecular weight is 388 g/mol. The maximum atomic E-state index is 12.7. The van der Waals surface area contributed by atoms with Gasteiger partial charge in [0.15, 0.2) is 0 Å². The van der Waals surface area contributed by atoms with Crippen LogP contribution < -0.4 is 0 Å². The maximum absolute atomic E-state index is 12.7. The molecule has 1 aliphatic heterocycles. The third-order valence-electron chi connectivity index (χ3n) is 4.46. The van der Waals surface area contributed by atoms with Crippen molar-refractivity contribution < 1.29 is 9.53 Å². The quantitative estimate of drug-likeness (QED) is 0.675. The highest BCUT2D eigenvalue weighted by Gasteiger charge is 2.29. The molecule has 1 saturated heterocycles. The summed E-state index contributed by atoms with van der Waals surface area (Å²) in [5.41, 5.74) is 2.18. The lowest BCUT2D eigenvalue weighted by molar-refractivity contribution is 0.0809. The summed E-state index contributed by atoms with van der Waals surface area (Å²) in [5.74, 6) is 0. The Hall–Kier alpha value is -1.81. The minimum absolute atomic E-state index is 0.0753. The highest BCUT2D eigenvalue weighted by molar-refractivity contribution is 9.10. The van der Waals surface area contributed by atoms with Crippen LogP contribution in [0.4, 0.5) is 4.79 Å². The Balaban J connectivity index is 1.74. The molecule has 24 heavy (non-hydrogen) atoms. The average Bonchev–Trinajstić information content (AvgIpc) is 2.87. The van der Waals surface area contributed by atoms with Gasteiger partial charge in [-0.2, -0.15) is 0 Å². The van der Waals surface area contributed by atoms with Crippen molar-refractivity contribution in [2.45, 2.75) is 38.3 Å². The van der Waals surface area contributed by atoms with Gasteiger partial charge in [0.2, 0.25) is 0 Å². The fourth-order valence-corrected chi connectivity index (χ4v) is 3.75. The van der Waals surface area contributed by atoms with Crippen LogP contribution in [0.5, 0.6) is 0 Å². The standard InChI is InChI=1S/C20H22BrNO2/c21-18-12-7-6-11-17(18)19-13-5-2-8-14-22(19)20(23)24-15-16-9-3-1-4-10-16/h1,3-4,6-7,9-12,19H,2,5,8,13-15H2. The number of rotatable bonds is 3. The van der Waals surface area contributed by atoms with E-state index >= 15 is 0 Å². The van der Waals surface area contributed by atoms with E-state index in [1.54, 1.807) is 0 Å². The summed E-state index contributed by atoms with van der Waals surface area (Å²) in [7, 11) is 0. The normalized spacial score (nSPS) is 18.0. The molecule has 126 valence electrons. The zero-order valence-electron chi connectivity index (χ0n) is 13.7. The summed E-state index contributed by atoms with van der Waals surface area (Å²) in [6.45, 7) is 1.07. The molecule has 0 bridgehead atoms. The van der Waals surface area contributed by atoms with Gasteiger partial charge < -0.3 is 9.64 Å². The lowest BCUT2D eigenvalue weighted by Gasteiger charge is -2.30. The largest absolute Gasteiger partial charge is 0.445 e. The second-order valence-corrected chi connectivity index (χ2v) is 6.97. The summed E-state index contributed by atoms with van der Waals surface area (Å²) in [5, 5.41) is 0. The van der Waals surface area contributed by atoms with E-state index in [0.717, 1.165) is 47.8 Å². The number of benzene rings is 2. The fourth-order valence-electron chi connectivity index (χ4n) is 3.20. The second-order valence-electron chi connectivity index (χ2n) is 6.12. The van der Waals surface area contributed by atoms with Gasteiger partial charge in [0.25, 0.3) is 0 Å². The summed E-state index contributed by atoms with van der Waals surface area (Å²) >= 11 is 3.63. The zero-order valence-corrected chi connectivity index (χ0v) is 15.2. The van der Waals surface area contributed by atoms with Gasteiger partial charge in [-0.15, -0.1) is 0 Å². The summed E-state index contributed by atoms with van der Waals surface area (Å²) in [4.78, 5) is 14.6. The Labute approximate surface area is 151 Å². The van der Waals surface area contributed by atoms with Crippen molar-refractivity contribution in [1.29, 1.82) is 0 Å². The van der Waals surface area contributed by atoms with Crippen molar-refractivity contribution in [2.75, 3.05) is 6.54 Å². The van der Waals surface area contributed by atoms with E-state index in [0.29, 0.717) is 6.61 Å². The number of likely N-dealkylation sites (tertiary alicyclic amines) is 1. The molecule has 2 aromatic rings. The monoisotopic (exact) mass is 387 g/mol. The van der Waals surface area contributed by atoms with Gasteiger partial charge in [-0.3, -0.25) is 0 Å². The molecule has 0 aromatic heterocycles. The van der Waals surface area contributed by atoms with Crippen LogP contribution in [0.3, 0.4) is 0 Å². The van der Waals surface area contributed by atoms with E-state index in [-0.39, 0.29) is 12.1 Å². The molecule has 1 unspecified atom stereocenters. The van der Waals surface area contributed by atoms with Crippen LogP contribution in [0.15, 0.2) is 59.1 Å². The Bertz CT molecular complexity index is 674. The van der Waals surface area contributed by atoms with Crippen molar-refractivity contribution >= 4 is 22.0 Å². The molecule has 0 saturated carbocycles. The number of halogens is 1. The molecule has 3 nitrogen and oxygen atoms in total. The molecule has 1 amide bonds. The Morgan fingerprint density at radius 2 is 1.79 bits per heavy atom. The van der Waals surface area contributed by atoms with E-state index in [4.69, 9.17) is 4.74 Å². The van der Waals surface area contributed by atoms with Gasteiger partial charge in [-0.1, -0.05) is 77.3 Å². The van der Waals surface area contributed by atoms with Crippen molar-refractivity contribution in [1.82, 2.24) is 4.90 Å². The van der Waals surface area contributed by atoms with Crippen LogP contribution in [0.2, 0.25) is 0 Å².